The Bertz CT molecular complexity index is 1040. The lowest BCUT2D eigenvalue weighted by atomic mass is 9.86. The number of ether oxygens (including phenoxy) is 1. The van der Waals surface area contributed by atoms with E-state index in [0.717, 1.165) is 53.0 Å². The van der Waals surface area contributed by atoms with Crippen molar-refractivity contribution in [2.45, 2.75) is 19.3 Å². The second kappa shape index (κ2) is 8.64. The van der Waals surface area contributed by atoms with Crippen LogP contribution in [-0.4, -0.2) is 25.5 Å². The van der Waals surface area contributed by atoms with Crippen LogP contribution in [0.1, 0.15) is 24.8 Å². The molecule has 5 rings (SSSR count). The van der Waals surface area contributed by atoms with Gasteiger partial charge in [0.05, 0.1) is 18.7 Å². The van der Waals surface area contributed by atoms with Gasteiger partial charge in [-0.3, -0.25) is 4.99 Å². The van der Waals surface area contributed by atoms with Crippen molar-refractivity contribution in [1.29, 1.82) is 0 Å². The Morgan fingerprint density at radius 1 is 1.07 bits per heavy atom. The maximum atomic E-state index is 6.52. The topological polar surface area (TPSA) is 33.6 Å². The van der Waals surface area contributed by atoms with E-state index in [1.54, 1.807) is 0 Å². The van der Waals surface area contributed by atoms with Crippen molar-refractivity contribution in [3.05, 3.63) is 65.2 Å². The summed E-state index contributed by atoms with van der Waals surface area (Å²) in [7, 11) is 0. The second-order valence-corrected chi connectivity index (χ2v) is 8.06. The fraction of sp³-hybridized carbons (Fsp3) is 0.292. The van der Waals surface area contributed by atoms with Crippen molar-refractivity contribution in [3.63, 3.8) is 0 Å². The lowest BCUT2D eigenvalue weighted by Gasteiger charge is -2.27. The lowest BCUT2D eigenvalue weighted by molar-refractivity contribution is 0.181. The van der Waals surface area contributed by atoms with Crippen LogP contribution in [-0.2, 0) is 0 Å². The van der Waals surface area contributed by atoms with E-state index in [9.17, 15) is 0 Å². The number of hydrogen-bond acceptors (Lipinski definition) is 3. The second-order valence-electron chi connectivity index (χ2n) is 7.62. The van der Waals surface area contributed by atoms with Gasteiger partial charge in [-0.05, 0) is 53.3 Å². The van der Waals surface area contributed by atoms with Gasteiger partial charge in [-0.15, -0.1) is 12.4 Å². The average Bonchev–Trinajstić information content (AvgIpc) is 3.21. The summed E-state index contributed by atoms with van der Waals surface area (Å²) in [6, 6.07) is 18.7. The minimum absolute atomic E-state index is 0. The van der Waals surface area contributed by atoms with Gasteiger partial charge >= 0.3 is 0 Å². The molecule has 0 saturated heterocycles. The van der Waals surface area contributed by atoms with E-state index >= 15 is 0 Å². The lowest BCUT2D eigenvalue weighted by Crippen LogP contribution is -2.23. The fourth-order valence-electron chi connectivity index (χ4n) is 4.00. The van der Waals surface area contributed by atoms with E-state index in [1.807, 2.05) is 12.1 Å². The third kappa shape index (κ3) is 3.94. The number of halogens is 2. The highest BCUT2D eigenvalue weighted by molar-refractivity contribution is 6.30. The van der Waals surface area contributed by atoms with Crippen molar-refractivity contribution in [2.24, 2.45) is 10.9 Å². The number of nitrogens with zero attached hydrogens (tertiary/aromatic N) is 1. The van der Waals surface area contributed by atoms with Crippen LogP contribution in [0.25, 0.3) is 21.9 Å². The summed E-state index contributed by atoms with van der Waals surface area (Å²) >= 11 is 6.16. The maximum absolute atomic E-state index is 6.52. The molecule has 1 N–H and O–H groups in total. The van der Waals surface area contributed by atoms with Crippen LogP contribution in [0.3, 0.4) is 0 Å². The van der Waals surface area contributed by atoms with Gasteiger partial charge in [0, 0.05) is 17.1 Å². The Hall–Kier alpha value is -2.23. The molecule has 1 heterocycles. The number of benzene rings is 3. The standard InChI is InChI=1S/C24H23ClN2O.ClH/c25-19-10-8-17(9-11-19)22-20-7-2-1-6-18(20)14-21(24-26-12-13-27-24)23(22)28-15-16-4-3-5-16;/h1-2,6-11,14,16H,3-5,12-13,15H2,(H,26,27);1H. The first-order chi connectivity index (χ1) is 13.8. The monoisotopic (exact) mass is 426 g/mol. The molecule has 29 heavy (non-hydrogen) atoms. The predicted molar refractivity (Wildman–Crippen MR) is 124 cm³/mol. The van der Waals surface area contributed by atoms with Crippen molar-refractivity contribution in [3.8, 4) is 16.9 Å². The molecule has 150 valence electrons. The van der Waals surface area contributed by atoms with Gasteiger partial charge in [-0.25, -0.2) is 0 Å². The highest BCUT2D eigenvalue weighted by Gasteiger charge is 2.24. The number of rotatable bonds is 5. The van der Waals surface area contributed by atoms with E-state index in [-0.39, 0.29) is 12.4 Å². The van der Waals surface area contributed by atoms with E-state index < -0.39 is 0 Å². The summed E-state index contributed by atoms with van der Waals surface area (Å²) in [6.45, 7) is 2.44. The van der Waals surface area contributed by atoms with Gasteiger partial charge in [0.25, 0.3) is 0 Å². The molecule has 5 heteroatoms. The third-order valence-electron chi connectivity index (χ3n) is 5.75. The first-order valence-electron chi connectivity index (χ1n) is 10.0. The van der Waals surface area contributed by atoms with Crippen molar-refractivity contribution in [1.82, 2.24) is 5.32 Å². The van der Waals surface area contributed by atoms with Crippen molar-refractivity contribution < 1.29 is 4.74 Å². The van der Waals surface area contributed by atoms with Gasteiger partial charge < -0.3 is 10.1 Å². The van der Waals surface area contributed by atoms with Crippen molar-refractivity contribution >= 4 is 40.6 Å². The Morgan fingerprint density at radius 3 is 2.55 bits per heavy atom. The quantitative estimate of drug-likeness (QED) is 0.533. The van der Waals surface area contributed by atoms with E-state index in [0.29, 0.717) is 5.92 Å². The smallest absolute Gasteiger partial charge is 0.138 e. The molecule has 0 aromatic heterocycles. The Labute approximate surface area is 182 Å². The van der Waals surface area contributed by atoms with Gasteiger partial charge in [0.15, 0.2) is 0 Å². The van der Waals surface area contributed by atoms with Crippen LogP contribution in [0, 0.1) is 5.92 Å². The maximum Gasteiger partial charge on any atom is 0.138 e. The van der Waals surface area contributed by atoms with Crippen LogP contribution in [0.5, 0.6) is 5.75 Å². The first kappa shape index (κ1) is 20.1. The molecular formula is C24H24Cl2N2O. The summed E-state index contributed by atoms with van der Waals surface area (Å²) in [5.74, 6) is 2.53. The summed E-state index contributed by atoms with van der Waals surface area (Å²) < 4.78 is 6.52. The van der Waals surface area contributed by atoms with Crippen LogP contribution >= 0.6 is 24.0 Å². The molecular weight excluding hydrogens is 403 g/mol. The molecule has 1 fully saturated rings. The summed E-state index contributed by atoms with van der Waals surface area (Å²) in [5, 5.41) is 6.55. The summed E-state index contributed by atoms with van der Waals surface area (Å²) in [4.78, 5) is 4.69. The van der Waals surface area contributed by atoms with E-state index in [4.69, 9.17) is 16.3 Å². The molecule has 1 saturated carbocycles. The third-order valence-corrected chi connectivity index (χ3v) is 6.00. The SMILES string of the molecule is Cl.Clc1ccc(-c2c(OCC3CCC3)c(C3=NCCN3)cc3ccccc23)cc1. The molecule has 0 amide bonds. The van der Waals surface area contributed by atoms with Crippen LogP contribution < -0.4 is 10.1 Å². The molecule has 0 spiro atoms. The van der Waals surface area contributed by atoms with E-state index in [2.05, 4.69) is 52.8 Å². The number of aliphatic imine (C=N–C) groups is 1. The Kier molecular flexibility index (Phi) is 5.98. The molecule has 3 nitrogen and oxygen atoms in total. The zero-order chi connectivity index (χ0) is 18.9. The summed E-state index contributed by atoms with van der Waals surface area (Å²) in [5.41, 5.74) is 3.30. The van der Waals surface area contributed by atoms with Crippen molar-refractivity contribution in [2.75, 3.05) is 19.7 Å². The molecule has 0 radical (unpaired) electrons. The number of fused-ring (bicyclic) bond motifs is 1. The van der Waals surface area contributed by atoms with Gasteiger partial charge in [-0.2, -0.15) is 0 Å². The molecule has 1 aliphatic heterocycles. The molecule has 0 bridgehead atoms. The zero-order valence-electron chi connectivity index (χ0n) is 16.2. The van der Waals surface area contributed by atoms with Gasteiger partial charge in [-0.1, -0.05) is 54.4 Å². The Morgan fingerprint density at radius 2 is 1.86 bits per heavy atom. The predicted octanol–water partition coefficient (Wildman–Crippen LogP) is 6.11. The molecule has 3 aromatic carbocycles. The normalized spacial score (nSPS) is 16.0. The molecule has 0 unspecified atom stereocenters. The highest BCUT2D eigenvalue weighted by atomic mass is 35.5. The van der Waals surface area contributed by atoms with E-state index in [1.165, 1.54) is 30.0 Å². The molecule has 1 aliphatic carbocycles. The number of amidine groups is 1. The minimum atomic E-state index is 0. The largest absolute Gasteiger partial charge is 0.492 e. The number of nitrogens with one attached hydrogen (secondary N) is 1. The highest BCUT2D eigenvalue weighted by Crippen LogP contribution is 2.41. The van der Waals surface area contributed by atoms with Crippen LogP contribution in [0.4, 0.5) is 0 Å². The average molecular weight is 427 g/mol. The number of hydrogen-bond donors (Lipinski definition) is 1. The molecule has 2 aliphatic rings. The minimum Gasteiger partial charge on any atom is -0.492 e. The molecule has 0 atom stereocenters. The van der Waals surface area contributed by atoms with Crippen LogP contribution in [0.15, 0.2) is 59.6 Å². The Balaban J connectivity index is 0.00000205. The van der Waals surface area contributed by atoms with Gasteiger partial charge in [0.2, 0.25) is 0 Å². The first-order valence-corrected chi connectivity index (χ1v) is 10.4. The summed E-state index contributed by atoms with van der Waals surface area (Å²) in [6.07, 6.45) is 3.84. The van der Waals surface area contributed by atoms with Crippen LogP contribution in [0.2, 0.25) is 5.02 Å². The molecule has 3 aromatic rings. The zero-order valence-corrected chi connectivity index (χ0v) is 17.7. The fourth-order valence-corrected chi connectivity index (χ4v) is 4.12. The van der Waals surface area contributed by atoms with Gasteiger partial charge in [0.1, 0.15) is 11.6 Å².